The molecule has 0 spiro atoms. The monoisotopic (exact) mass is 280 g/mol. The predicted octanol–water partition coefficient (Wildman–Crippen LogP) is 3.00. The van der Waals surface area contributed by atoms with Gasteiger partial charge in [-0.2, -0.15) is 0 Å². The molecule has 1 atom stereocenters. The minimum absolute atomic E-state index is 0.113. The lowest BCUT2D eigenvalue weighted by molar-refractivity contribution is 0.547. The van der Waals surface area contributed by atoms with Crippen LogP contribution in [0.4, 0.5) is 0 Å². The smallest absolute Gasteiger partial charge is 0.131 e. The summed E-state index contributed by atoms with van der Waals surface area (Å²) in [5.74, 6) is 6.80. The summed E-state index contributed by atoms with van der Waals surface area (Å²) in [6.07, 6.45) is 4.91. The van der Waals surface area contributed by atoms with E-state index in [1.165, 1.54) is 10.8 Å². The molecule has 108 valence electrons. The summed E-state index contributed by atoms with van der Waals surface area (Å²) in [6, 6.07) is 14.5. The van der Waals surface area contributed by atoms with E-state index in [0.29, 0.717) is 0 Å². The number of aryl methyl sites for hydroxylation is 1. The molecule has 3 N–H and O–H groups in total. The van der Waals surface area contributed by atoms with Crippen molar-refractivity contribution in [2.24, 2.45) is 5.84 Å². The Bertz CT molecular complexity index is 727. The summed E-state index contributed by atoms with van der Waals surface area (Å²) in [5, 5.41) is 2.41. The molecule has 0 saturated carbocycles. The van der Waals surface area contributed by atoms with Gasteiger partial charge in [-0.15, -0.1) is 0 Å². The lowest BCUT2D eigenvalue weighted by Gasteiger charge is -2.19. The first kappa shape index (κ1) is 13.8. The lowest BCUT2D eigenvalue weighted by atomic mass is 9.98. The number of benzene rings is 2. The van der Waals surface area contributed by atoms with Crippen LogP contribution in [0.1, 0.15) is 30.8 Å². The molecule has 0 bridgehead atoms. The van der Waals surface area contributed by atoms with Crippen molar-refractivity contribution in [3.63, 3.8) is 0 Å². The Kier molecular flexibility index (Phi) is 3.99. The molecular weight excluding hydrogens is 260 g/mol. The first-order valence-corrected chi connectivity index (χ1v) is 7.30. The minimum atomic E-state index is -0.113. The second kappa shape index (κ2) is 6.08. The van der Waals surface area contributed by atoms with E-state index in [1.807, 2.05) is 12.4 Å². The van der Waals surface area contributed by atoms with Crippen LogP contribution < -0.4 is 11.3 Å². The second-order valence-electron chi connectivity index (χ2n) is 5.15. The molecular formula is C17H20N4. The Hall–Kier alpha value is -2.17. The third kappa shape index (κ3) is 2.55. The van der Waals surface area contributed by atoms with Gasteiger partial charge in [-0.3, -0.25) is 5.84 Å². The Morgan fingerprint density at radius 2 is 2.00 bits per heavy atom. The average molecular weight is 280 g/mol. The van der Waals surface area contributed by atoms with Gasteiger partial charge in [-0.1, -0.05) is 49.4 Å². The Labute approximate surface area is 124 Å². The van der Waals surface area contributed by atoms with Crippen LogP contribution in [0.15, 0.2) is 54.9 Å². The van der Waals surface area contributed by atoms with Crippen LogP contribution in [0.5, 0.6) is 0 Å². The maximum Gasteiger partial charge on any atom is 0.131 e. The van der Waals surface area contributed by atoms with E-state index < -0.39 is 0 Å². The number of hydrogen-bond donors (Lipinski definition) is 2. The minimum Gasteiger partial charge on any atom is -0.333 e. The number of fused-ring (bicyclic) bond motifs is 1. The summed E-state index contributed by atoms with van der Waals surface area (Å²) in [6.45, 7) is 3.10. The number of hydrogen-bond acceptors (Lipinski definition) is 3. The van der Waals surface area contributed by atoms with Crippen LogP contribution in [0.25, 0.3) is 10.8 Å². The van der Waals surface area contributed by atoms with Gasteiger partial charge in [0.1, 0.15) is 11.9 Å². The molecule has 4 nitrogen and oxygen atoms in total. The average Bonchev–Trinajstić information content (AvgIpc) is 2.97. The van der Waals surface area contributed by atoms with Crippen LogP contribution in [0.2, 0.25) is 0 Å². The maximum atomic E-state index is 5.85. The highest BCUT2D eigenvalue weighted by Crippen LogP contribution is 2.27. The number of aromatic nitrogens is 2. The molecule has 4 heteroatoms. The molecule has 1 aromatic heterocycles. The standard InChI is InChI=1S/C17H20N4/c1-2-11-21-12-10-19-17(21)16(20-18)15-9-5-7-13-6-3-4-8-14(13)15/h3-10,12,16,20H,2,11,18H2,1H3. The lowest BCUT2D eigenvalue weighted by Crippen LogP contribution is -2.31. The molecule has 21 heavy (non-hydrogen) atoms. The normalized spacial score (nSPS) is 12.7. The number of hydrazine groups is 1. The fourth-order valence-electron chi connectivity index (χ4n) is 2.82. The van der Waals surface area contributed by atoms with Crippen LogP contribution in [0, 0.1) is 0 Å². The van der Waals surface area contributed by atoms with E-state index in [1.54, 1.807) is 0 Å². The van der Waals surface area contributed by atoms with Gasteiger partial charge in [-0.25, -0.2) is 10.4 Å². The Morgan fingerprint density at radius 3 is 2.81 bits per heavy atom. The van der Waals surface area contributed by atoms with Crippen molar-refractivity contribution in [2.45, 2.75) is 25.9 Å². The summed E-state index contributed by atoms with van der Waals surface area (Å²) in [4.78, 5) is 4.51. The van der Waals surface area contributed by atoms with Gasteiger partial charge in [-0.05, 0) is 22.8 Å². The molecule has 0 radical (unpaired) electrons. The van der Waals surface area contributed by atoms with Gasteiger partial charge in [0.2, 0.25) is 0 Å². The van der Waals surface area contributed by atoms with Crippen molar-refractivity contribution >= 4 is 10.8 Å². The van der Waals surface area contributed by atoms with Crippen LogP contribution >= 0.6 is 0 Å². The van der Waals surface area contributed by atoms with Crippen molar-refractivity contribution in [1.82, 2.24) is 15.0 Å². The largest absolute Gasteiger partial charge is 0.333 e. The molecule has 0 aliphatic heterocycles. The number of rotatable bonds is 5. The zero-order chi connectivity index (χ0) is 14.7. The van der Waals surface area contributed by atoms with E-state index in [9.17, 15) is 0 Å². The third-order valence-electron chi connectivity index (χ3n) is 3.77. The molecule has 1 unspecified atom stereocenters. The highest BCUT2D eigenvalue weighted by atomic mass is 15.3. The van der Waals surface area contributed by atoms with Gasteiger partial charge in [0, 0.05) is 18.9 Å². The van der Waals surface area contributed by atoms with Crippen LogP contribution in [0.3, 0.4) is 0 Å². The molecule has 3 aromatic rings. The van der Waals surface area contributed by atoms with E-state index in [-0.39, 0.29) is 6.04 Å². The van der Waals surface area contributed by atoms with Crippen molar-refractivity contribution < 1.29 is 0 Å². The molecule has 0 aliphatic carbocycles. The van der Waals surface area contributed by atoms with E-state index >= 15 is 0 Å². The molecule has 0 saturated heterocycles. The van der Waals surface area contributed by atoms with E-state index in [2.05, 4.69) is 64.4 Å². The molecule has 1 heterocycles. The number of nitrogens with zero attached hydrogens (tertiary/aromatic N) is 2. The summed E-state index contributed by atoms with van der Waals surface area (Å²) >= 11 is 0. The fraction of sp³-hybridized carbons (Fsp3) is 0.235. The number of nitrogens with one attached hydrogen (secondary N) is 1. The SMILES string of the molecule is CCCn1ccnc1C(NN)c1cccc2ccccc12. The summed E-state index contributed by atoms with van der Waals surface area (Å²) in [7, 11) is 0. The first-order valence-electron chi connectivity index (χ1n) is 7.30. The number of nitrogens with two attached hydrogens (primary N) is 1. The quantitative estimate of drug-likeness (QED) is 0.558. The molecule has 3 rings (SSSR count). The highest BCUT2D eigenvalue weighted by molar-refractivity contribution is 5.86. The second-order valence-corrected chi connectivity index (χ2v) is 5.15. The van der Waals surface area contributed by atoms with Gasteiger partial charge in [0.25, 0.3) is 0 Å². The molecule has 0 amide bonds. The highest BCUT2D eigenvalue weighted by Gasteiger charge is 2.19. The fourth-order valence-corrected chi connectivity index (χ4v) is 2.82. The topological polar surface area (TPSA) is 55.9 Å². The molecule has 0 aliphatic rings. The van der Waals surface area contributed by atoms with Crippen molar-refractivity contribution in [3.8, 4) is 0 Å². The summed E-state index contributed by atoms with van der Waals surface area (Å²) in [5.41, 5.74) is 4.08. The van der Waals surface area contributed by atoms with E-state index in [4.69, 9.17) is 5.84 Å². The van der Waals surface area contributed by atoms with Gasteiger partial charge in [0.15, 0.2) is 0 Å². The van der Waals surface area contributed by atoms with Crippen molar-refractivity contribution in [3.05, 3.63) is 66.2 Å². The van der Waals surface area contributed by atoms with Crippen molar-refractivity contribution in [1.29, 1.82) is 0 Å². The maximum absolute atomic E-state index is 5.85. The molecule has 2 aromatic carbocycles. The van der Waals surface area contributed by atoms with Crippen LogP contribution in [-0.2, 0) is 6.54 Å². The zero-order valence-corrected chi connectivity index (χ0v) is 12.2. The van der Waals surface area contributed by atoms with Gasteiger partial charge >= 0.3 is 0 Å². The number of imidazole rings is 1. The predicted molar refractivity (Wildman–Crippen MR) is 85.6 cm³/mol. The Balaban J connectivity index is 2.12. The summed E-state index contributed by atoms with van der Waals surface area (Å²) < 4.78 is 2.16. The van der Waals surface area contributed by atoms with Crippen molar-refractivity contribution in [2.75, 3.05) is 0 Å². The third-order valence-corrected chi connectivity index (χ3v) is 3.77. The first-order chi connectivity index (χ1) is 10.3. The van der Waals surface area contributed by atoms with Gasteiger partial charge < -0.3 is 4.57 Å². The zero-order valence-electron chi connectivity index (χ0n) is 12.2. The van der Waals surface area contributed by atoms with Gasteiger partial charge in [0.05, 0.1) is 0 Å². The Morgan fingerprint density at radius 1 is 1.19 bits per heavy atom. The van der Waals surface area contributed by atoms with E-state index in [0.717, 1.165) is 24.4 Å². The van der Waals surface area contributed by atoms with Crippen LogP contribution in [-0.4, -0.2) is 9.55 Å². The molecule has 0 fully saturated rings.